The van der Waals surface area contributed by atoms with E-state index in [9.17, 15) is 9.59 Å². The molecule has 1 aliphatic rings. The molecule has 2 aromatic rings. The lowest BCUT2D eigenvalue weighted by atomic mass is 10.3. The van der Waals surface area contributed by atoms with Gasteiger partial charge in [0.2, 0.25) is 5.91 Å². The predicted molar refractivity (Wildman–Crippen MR) is 95.7 cm³/mol. The minimum atomic E-state index is -0.266. The van der Waals surface area contributed by atoms with Gasteiger partial charge < -0.3 is 24.1 Å². The second-order valence-corrected chi connectivity index (χ2v) is 5.64. The normalized spacial score (nSPS) is 14.4. The minimum absolute atomic E-state index is 0.0163. The first-order valence-corrected chi connectivity index (χ1v) is 8.32. The van der Waals surface area contributed by atoms with Gasteiger partial charge >= 0.3 is 0 Å². The van der Waals surface area contributed by atoms with Crippen molar-refractivity contribution >= 4 is 23.6 Å². The number of morpholine rings is 1. The summed E-state index contributed by atoms with van der Waals surface area (Å²) < 4.78 is 15.8. The fourth-order valence-corrected chi connectivity index (χ4v) is 2.41. The van der Waals surface area contributed by atoms with E-state index in [1.807, 2.05) is 0 Å². The highest BCUT2D eigenvalue weighted by atomic mass is 16.5. The number of amides is 2. The summed E-state index contributed by atoms with van der Waals surface area (Å²) in [5.74, 6) is 0.843. The Hall–Kier alpha value is -3.06. The third-order valence-electron chi connectivity index (χ3n) is 3.79. The number of anilines is 1. The van der Waals surface area contributed by atoms with E-state index in [4.69, 9.17) is 13.9 Å². The van der Waals surface area contributed by atoms with Crippen molar-refractivity contribution in [2.75, 3.05) is 38.2 Å². The fourth-order valence-electron chi connectivity index (χ4n) is 2.41. The van der Waals surface area contributed by atoms with Crippen LogP contribution in [0.2, 0.25) is 0 Å². The fraction of sp³-hybridized carbons (Fsp3) is 0.263. The number of carbonyl (C=O) groups excluding carboxylic acids is 2. The Morgan fingerprint density at radius 3 is 2.62 bits per heavy atom. The van der Waals surface area contributed by atoms with Gasteiger partial charge in [-0.3, -0.25) is 9.59 Å². The molecule has 0 aliphatic carbocycles. The van der Waals surface area contributed by atoms with Crippen molar-refractivity contribution < 1.29 is 23.5 Å². The van der Waals surface area contributed by atoms with Crippen LogP contribution >= 0.6 is 0 Å². The van der Waals surface area contributed by atoms with Crippen LogP contribution < -0.4 is 10.1 Å². The average Bonchev–Trinajstić information content (AvgIpc) is 3.20. The molecule has 26 heavy (non-hydrogen) atoms. The van der Waals surface area contributed by atoms with Gasteiger partial charge in [-0.05, 0) is 42.5 Å². The molecule has 3 rings (SSSR count). The predicted octanol–water partition coefficient (Wildman–Crippen LogP) is 2.17. The van der Waals surface area contributed by atoms with Crippen molar-refractivity contribution in [2.24, 2.45) is 0 Å². The summed E-state index contributed by atoms with van der Waals surface area (Å²) in [5.41, 5.74) is 0.631. The number of ether oxygens (including phenoxy) is 2. The Balaban J connectivity index is 1.45. The van der Waals surface area contributed by atoms with Crippen LogP contribution in [0.3, 0.4) is 0 Å². The molecule has 1 fully saturated rings. The quantitative estimate of drug-likeness (QED) is 0.803. The van der Waals surface area contributed by atoms with Gasteiger partial charge in [0.1, 0.15) is 11.5 Å². The van der Waals surface area contributed by atoms with E-state index in [1.54, 1.807) is 53.6 Å². The van der Waals surface area contributed by atoms with Gasteiger partial charge in [-0.25, -0.2) is 0 Å². The minimum Gasteiger partial charge on any atom is -0.484 e. The zero-order chi connectivity index (χ0) is 18.2. The number of hydrogen-bond acceptors (Lipinski definition) is 5. The zero-order valence-electron chi connectivity index (χ0n) is 14.2. The summed E-state index contributed by atoms with van der Waals surface area (Å²) in [4.78, 5) is 25.6. The summed E-state index contributed by atoms with van der Waals surface area (Å²) in [5, 5.41) is 2.74. The Labute approximate surface area is 151 Å². The van der Waals surface area contributed by atoms with Crippen LogP contribution in [0.25, 0.3) is 6.08 Å². The Kier molecular flexibility index (Phi) is 6.05. The summed E-state index contributed by atoms with van der Waals surface area (Å²) in [6, 6.07) is 10.4. The molecule has 0 saturated carbocycles. The highest BCUT2D eigenvalue weighted by Crippen LogP contribution is 2.16. The number of furan rings is 1. The van der Waals surface area contributed by atoms with Crippen molar-refractivity contribution in [3.05, 3.63) is 54.5 Å². The van der Waals surface area contributed by atoms with Gasteiger partial charge in [-0.15, -0.1) is 0 Å². The van der Waals surface area contributed by atoms with Crippen molar-refractivity contribution in [1.82, 2.24) is 4.90 Å². The lowest BCUT2D eigenvalue weighted by Gasteiger charge is -2.26. The van der Waals surface area contributed by atoms with Gasteiger partial charge in [-0.2, -0.15) is 0 Å². The monoisotopic (exact) mass is 356 g/mol. The third kappa shape index (κ3) is 5.22. The molecule has 136 valence electrons. The van der Waals surface area contributed by atoms with Gasteiger partial charge in [0.15, 0.2) is 6.61 Å². The maximum Gasteiger partial charge on any atom is 0.260 e. The molecule has 1 N–H and O–H groups in total. The number of nitrogens with one attached hydrogen (secondary N) is 1. The smallest absolute Gasteiger partial charge is 0.260 e. The number of carbonyl (C=O) groups is 2. The molecule has 1 saturated heterocycles. The molecule has 0 bridgehead atoms. The number of benzene rings is 1. The van der Waals surface area contributed by atoms with E-state index in [0.29, 0.717) is 43.5 Å². The number of hydrogen-bond donors (Lipinski definition) is 1. The van der Waals surface area contributed by atoms with E-state index in [1.165, 1.54) is 6.08 Å². The highest BCUT2D eigenvalue weighted by molar-refractivity contribution is 6.01. The molecule has 0 atom stereocenters. The van der Waals surface area contributed by atoms with Crippen molar-refractivity contribution in [3.63, 3.8) is 0 Å². The van der Waals surface area contributed by atoms with Crippen molar-refractivity contribution in [3.8, 4) is 5.75 Å². The molecule has 0 radical (unpaired) electrons. The molecule has 1 aliphatic heterocycles. The standard InChI is InChI=1S/C19H20N2O5/c22-18(8-7-16-2-1-11-25-16)20-15-3-5-17(6-4-15)26-14-19(23)21-9-12-24-13-10-21/h1-8,11H,9-10,12-14H2,(H,20,22)/b8-7+. The first-order valence-electron chi connectivity index (χ1n) is 8.32. The van der Waals surface area contributed by atoms with E-state index in [0.717, 1.165) is 0 Å². The maximum atomic E-state index is 12.0. The zero-order valence-corrected chi connectivity index (χ0v) is 14.2. The molecule has 0 spiro atoms. The molecule has 7 heteroatoms. The second kappa shape index (κ2) is 8.87. The van der Waals surface area contributed by atoms with Gasteiger partial charge in [0, 0.05) is 24.9 Å². The van der Waals surface area contributed by atoms with Gasteiger partial charge in [0.25, 0.3) is 5.91 Å². The SMILES string of the molecule is O=C(/C=C/c1ccco1)Nc1ccc(OCC(=O)N2CCOCC2)cc1. The highest BCUT2D eigenvalue weighted by Gasteiger charge is 2.17. The lowest BCUT2D eigenvalue weighted by molar-refractivity contribution is -0.137. The summed E-state index contributed by atoms with van der Waals surface area (Å²) in [7, 11) is 0. The van der Waals surface area contributed by atoms with Crippen LogP contribution in [-0.2, 0) is 14.3 Å². The Morgan fingerprint density at radius 2 is 1.92 bits per heavy atom. The summed E-state index contributed by atoms with van der Waals surface area (Å²) in [6.07, 6.45) is 4.52. The van der Waals surface area contributed by atoms with Crippen LogP contribution in [0, 0.1) is 0 Å². The summed E-state index contributed by atoms with van der Waals surface area (Å²) >= 11 is 0. The second-order valence-electron chi connectivity index (χ2n) is 5.64. The van der Waals surface area contributed by atoms with Crippen LogP contribution in [-0.4, -0.2) is 49.6 Å². The number of nitrogens with zero attached hydrogens (tertiary/aromatic N) is 1. The van der Waals surface area contributed by atoms with Gasteiger partial charge in [-0.1, -0.05) is 0 Å². The largest absolute Gasteiger partial charge is 0.484 e. The van der Waals surface area contributed by atoms with Crippen LogP contribution in [0.15, 0.2) is 53.2 Å². The van der Waals surface area contributed by atoms with Gasteiger partial charge in [0.05, 0.1) is 19.5 Å². The molecule has 7 nitrogen and oxygen atoms in total. The van der Waals surface area contributed by atoms with E-state index < -0.39 is 0 Å². The van der Waals surface area contributed by atoms with E-state index >= 15 is 0 Å². The number of rotatable bonds is 6. The van der Waals surface area contributed by atoms with E-state index in [-0.39, 0.29) is 18.4 Å². The molecule has 0 unspecified atom stereocenters. The Morgan fingerprint density at radius 1 is 1.15 bits per heavy atom. The molecule has 1 aromatic carbocycles. The maximum absolute atomic E-state index is 12.0. The van der Waals surface area contributed by atoms with Crippen LogP contribution in [0.4, 0.5) is 5.69 Å². The van der Waals surface area contributed by atoms with Crippen LogP contribution in [0.5, 0.6) is 5.75 Å². The third-order valence-corrected chi connectivity index (χ3v) is 3.79. The summed E-state index contributed by atoms with van der Waals surface area (Å²) in [6.45, 7) is 2.30. The molecule has 2 heterocycles. The molecule has 1 aromatic heterocycles. The first-order chi connectivity index (χ1) is 12.7. The molecule has 2 amide bonds. The lowest BCUT2D eigenvalue weighted by Crippen LogP contribution is -2.42. The first kappa shape index (κ1) is 17.8. The average molecular weight is 356 g/mol. The van der Waals surface area contributed by atoms with Crippen molar-refractivity contribution in [1.29, 1.82) is 0 Å². The molecular formula is C19H20N2O5. The van der Waals surface area contributed by atoms with Crippen molar-refractivity contribution in [2.45, 2.75) is 0 Å². The Bertz CT molecular complexity index is 747. The molecular weight excluding hydrogens is 336 g/mol. The van der Waals surface area contributed by atoms with E-state index in [2.05, 4.69) is 5.32 Å². The topological polar surface area (TPSA) is 81.0 Å². The van der Waals surface area contributed by atoms with Crippen LogP contribution in [0.1, 0.15) is 5.76 Å².